The predicted octanol–water partition coefficient (Wildman–Crippen LogP) is 3.35. The second-order valence-corrected chi connectivity index (χ2v) is 7.04. The van der Waals surface area contributed by atoms with E-state index in [-0.39, 0.29) is 17.4 Å². The Morgan fingerprint density at radius 3 is 2.24 bits per heavy atom. The summed E-state index contributed by atoms with van der Waals surface area (Å²) in [5.41, 5.74) is 4.68. The number of amides is 1. The Morgan fingerprint density at radius 1 is 0.966 bits per heavy atom. The van der Waals surface area contributed by atoms with Crippen molar-refractivity contribution in [3.05, 3.63) is 52.1 Å². The van der Waals surface area contributed by atoms with Crippen molar-refractivity contribution in [1.29, 1.82) is 0 Å². The van der Waals surface area contributed by atoms with Gasteiger partial charge in [0.25, 0.3) is 5.91 Å². The molecule has 0 spiro atoms. The summed E-state index contributed by atoms with van der Waals surface area (Å²) < 4.78 is 10.5. The highest BCUT2D eigenvalue weighted by Gasteiger charge is 2.30. The smallest absolute Gasteiger partial charge is 0.308 e. The molecular formula is C22H24N2O5. The number of ether oxygens (including phenoxy) is 2. The Hall–Kier alpha value is -3.35. The molecule has 7 nitrogen and oxygen atoms in total. The predicted molar refractivity (Wildman–Crippen MR) is 108 cm³/mol. The fourth-order valence-electron chi connectivity index (χ4n) is 3.58. The van der Waals surface area contributed by atoms with Crippen molar-refractivity contribution < 1.29 is 23.9 Å². The Labute approximate surface area is 169 Å². The molecule has 1 aliphatic rings. The molecule has 0 atom stereocenters. The first-order chi connectivity index (χ1) is 13.7. The summed E-state index contributed by atoms with van der Waals surface area (Å²) in [6.45, 7) is 6.99. The zero-order chi connectivity index (χ0) is 21.3. The van der Waals surface area contributed by atoms with E-state index in [1.54, 1.807) is 18.7 Å². The maximum absolute atomic E-state index is 13.4. The van der Waals surface area contributed by atoms with Gasteiger partial charge < -0.3 is 19.7 Å². The number of anilines is 1. The van der Waals surface area contributed by atoms with Crippen molar-refractivity contribution in [3.63, 3.8) is 0 Å². The highest BCUT2D eigenvalue weighted by Crippen LogP contribution is 2.37. The highest BCUT2D eigenvalue weighted by atomic mass is 16.5. The average molecular weight is 396 g/mol. The van der Waals surface area contributed by atoms with E-state index >= 15 is 0 Å². The molecule has 0 bridgehead atoms. The molecule has 0 saturated heterocycles. The summed E-state index contributed by atoms with van der Waals surface area (Å²) in [7, 11) is 1.85. The Bertz CT molecular complexity index is 1010. The third-order valence-electron chi connectivity index (χ3n) is 5.08. The van der Waals surface area contributed by atoms with Crippen LogP contribution in [0.5, 0.6) is 11.5 Å². The lowest BCUT2D eigenvalue weighted by Crippen LogP contribution is -2.27. The van der Waals surface area contributed by atoms with Gasteiger partial charge in [0.05, 0.1) is 5.56 Å². The number of nitrogens with zero attached hydrogens (tertiary/aromatic N) is 1. The normalized spacial score (nSPS) is 12.4. The van der Waals surface area contributed by atoms with Gasteiger partial charge in [-0.2, -0.15) is 0 Å². The van der Waals surface area contributed by atoms with E-state index in [0.717, 1.165) is 16.8 Å². The summed E-state index contributed by atoms with van der Waals surface area (Å²) in [5.74, 6) is -0.931. The first-order valence-electron chi connectivity index (χ1n) is 9.31. The van der Waals surface area contributed by atoms with Gasteiger partial charge in [-0.1, -0.05) is 12.1 Å². The van der Waals surface area contributed by atoms with Crippen molar-refractivity contribution in [2.45, 2.75) is 40.8 Å². The summed E-state index contributed by atoms with van der Waals surface area (Å²) in [6.07, 6.45) is 0. The summed E-state index contributed by atoms with van der Waals surface area (Å²) in [5, 5.41) is 3.15. The first-order valence-corrected chi connectivity index (χ1v) is 9.31. The largest absolute Gasteiger partial charge is 0.426 e. The zero-order valence-corrected chi connectivity index (χ0v) is 17.2. The molecule has 1 heterocycles. The van der Waals surface area contributed by atoms with Crippen molar-refractivity contribution >= 4 is 23.5 Å². The van der Waals surface area contributed by atoms with Crippen LogP contribution in [0.3, 0.4) is 0 Å². The average Bonchev–Trinajstić information content (AvgIpc) is 3.09. The SMILES string of the molecule is CNc1cccc2c1CN(C(=O)c1c(OC(C)=O)cc(OC(C)=O)c(C)c1C)C2. The van der Waals surface area contributed by atoms with Gasteiger partial charge in [0.15, 0.2) is 0 Å². The third-order valence-corrected chi connectivity index (χ3v) is 5.08. The van der Waals surface area contributed by atoms with Crippen LogP contribution >= 0.6 is 0 Å². The summed E-state index contributed by atoms with van der Waals surface area (Å²) >= 11 is 0. The van der Waals surface area contributed by atoms with Crippen LogP contribution in [0.4, 0.5) is 5.69 Å². The number of benzene rings is 2. The number of carbonyl (C=O) groups excluding carboxylic acids is 3. The van der Waals surface area contributed by atoms with E-state index in [4.69, 9.17) is 9.47 Å². The lowest BCUT2D eigenvalue weighted by molar-refractivity contribution is -0.132. The van der Waals surface area contributed by atoms with Crippen LogP contribution in [0.2, 0.25) is 0 Å². The van der Waals surface area contributed by atoms with Gasteiger partial charge in [-0.25, -0.2) is 0 Å². The van der Waals surface area contributed by atoms with Gasteiger partial charge in [0.1, 0.15) is 11.5 Å². The van der Waals surface area contributed by atoms with Crippen LogP contribution in [0.25, 0.3) is 0 Å². The number of fused-ring (bicyclic) bond motifs is 1. The van der Waals surface area contributed by atoms with Crippen LogP contribution in [-0.4, -0.2) is 29.8 Å². The van der Waals surface area contributed by atoms with Crippen LogP contribution in [-0.2, 0) is 22.7 Å². The molecule has 2 aromatic carbocycles. The van der Waals surface area contributed by atoms with Gasteiger partial charge in [-0.05, 0) is 42.2 Å². The number of nitrogens with one attached hydrogen (secondary N) is 1. The minimum atomic E-state index is -0.557. The highest BCUT2D eigenvalue weighted by molar-refractivity contribution is 6.00. The van der Waals surface area contributed by atoms with E-state index in [2.05, 4.69) is 5.32 Å². The molecule has 0 unspecified atom stereocenters. The van der Waals surface area contributed by atoms with Crippen molar-refractivity contribution in [2.24, 2.45) is 0 Å². The van der Waals surface area contributed by atoms with Crippen molar-refractivity contribution in [1.82, 2.24) is 4.90 Å². The molecule has 152 valence electrons. The Kier molecular flexibility index (Phi) is 5.59. The van der Waals surface area contributed by atoms with Gasteiger partial charge in [-0.15, -0.1) is 0 Å². The standard InChI is InChI=1S/C22H24N2O5/c1-12-13(2)21(20(29-15(4)26)9-19(12)28-14(3)25)22(27)24-10-16-7-6-8-18(23-5)17(16)11-24/h6-9,23H,10-11H2,1-5H3. The molecular weight excluding hydrogens is 372 g/mol. The third kappa shape index (κ3) is 3.94. The molecule has 3 rings (SSSR count). The molecule has 0 radical (unpaired) electrons. The quantitative estimate of drug-likeness (QED) is 0.630. The fraction of sp³-hybridized carbons (Fsp3) is 0.318. The van der Waals surface area contributed by atoms with Crippen LogP contribution < -0.4 is 14.8 Å². The molecule has 1 aliphatic heterocycles. The lowest BCUT2D eigenvalue weighted by Gasteiger charge is -2.21. The molecule has 1 amide bonds. The zero-order valence-electron chi connectivity index (χ0n) is 17.2. The molecule has 1 N–H and O–H groups in total. The van der Waals surface area contributed by atoms with Crippen LogP contribution in [0.1, 0.15) is 46.5 Å². The minimum Gasteiger partial charge on any atom is -0.426 e. The second kappa shape index (κ2) is 7.95. The summed E-state index contributed by atoms with van der Waals surface area (Å²) in [4.78, 5) is 38.2. The molecule has 29 heavy (non-hydrogen) atoms. The number of esters is 2. The van der Waals surface area contributed by atoms with E-state index in [1.165, 1.54) is 19.9 Å². The summed E-state index contributed by atoms with van der Waals surface area (Å²) in [6, 6.07) is 7.35. The number of carbonyl (C=O) groups is 3. The molecule has 0 aromatic heterocycles. The fourth-order valence-corrected chi connectivity index (χ4v) is 3.58. The van der Waals surface area contributed by atoms with Gasteiger partial charge in [0, 0.05) is 45.7 Å². The van der Waals surface area contributed by atoms with E-state index < -0.39 is 11.9 Å². The monoisotopic (exact) mass is 396 g/mol. The molecule has 0 aliphatic carbocycles. The molecule has 2 aromatic rings. The number of rotatable bonds is 4. The van der Waals surface area contributed by atoms with E-state index in [0.29, 0.717) is 29.8 Å². The minimum absolute atomic E-state index is 0.0895. The van der Waals surface area contributed by atoms with Crippen LogP contribution in [0.15, 0.2) is 24.3 Å². The van der Waals surface area contributed by atoms with Gasteiger partial charge in [0.2, 0.25) is 0 Å². The lowest BCUT2D eigenvalue weighted by atomic mass is 10.00. The second-order valence-electron chi connectivity index (χ2n) is 7.04. The van der Waals surface area contributed by atoms with Crippen molar-refractivity contribution in [2.75, 3.05) is 12.4 Å². The maximum atomic E-state index is 13.4. The Morgan fingerprint density at radius 2 is 1.62 bits per heavy atom. The first kappa shape index (κ1) is 20.4. The molecule has 7 heteroatoms. The Balaban J connectivity index is 2.03. The van der Waals surface area contributed by atoms with Crippen LogP contribution in [0, 0.1) is 13.8 Å². The molecule has 0 fully saturated rings. The van der Waals surface area contributed by atoms with Gasteiger partial charge in [-0.3, -0.25) is 14.4 Å². The van der Waals surface area contributed by atoms with E-state index in [1.807, 2.05) is 25.2 Å². The van der Waals surface area contributed by atoms with Gasteiger partial charge >= 0.3 is 11.9 Å². The maximum Gasteiger partial charge on any atom is 0.308 e. The topological polar surface area (TPSA) is 84.9 Å². The number of hydrogen-bond acceptors (Lipinski definition) is 6. The molecule has 0 saturated carbocycles. The number of hydrogen-bond donors (Lipinski definition) is 1. The van der Waals surface area contributed by atoms with Crippen molar-refractivity contribution in [3.8, 4) is 11.5 Å². The van der Waals surface area contributed by atoms with E-state index in [9.17, 15) is 14.4 Å².